The van der Waals surface area contributed by atoms with Crippen LogP contribution < -0.4 is 19.9 Å². The highest BCUT2D eigenvalue weighted by molar-refractivity contribution is 5.77. The Morgan fingerprint density at radius 3 is 1.90 bits per heavy atom. The molecule has 0 amide bonds. The van der Waals surface area contributed by atoms with Gasteiger partial charge in [0.2, 0.25) is 0 Å². The second-order valence-electron chi connectivity index (χ2n) is 10.4. The number of nitrogens with two attached hydrogens (primary N) is 1. The Morgan fingerprint density at radius 2 is 1.37 bits per heavy atom. The van der Waals surface area contributed by atoms with E-state index in [0.29, 0.717) is 11.3 Å². The van der Waals surface area contributed by atoms with E-state index in [2.05, 4.69) is 0 Å². The molecule has 0 saturated carbocycles. The Balaban J connectivity index is 2.34. The monoisotopic (exact) mass is 571 g/mol. The predicted octanol–water partition coefficient (Wildman–Crippen LogP) is 5.72. The molecule has 0 aliphatic heterocycles. The molecule has 224 valence electrons. The number of aliphatic carboxylic acids is 1. The van der Waals surface area contributed by atoms with E-state index in [4.69, 9.17) is 24.7 Å². The molecule has 0 radical (unpaired) electrons. The lowest BCUT2D eigenvalue weighted by atomic mass is 9.82. The fraction of sp³-hybridized carbons (Fsp3) is 0.484. The normalized spacial score (nSPS) is 14.6. The van der Waals surface area contributed by atoms with Crippen molar-refractivity contribution < 1.29 is 43.2 Å². The van der Waals surface area contributed by atoms with Crippen LogP contribution >= 0.6 is 0 Å². The second kappa shape index (κ2) is 16.4. The number of carbonyl (C=O) groups is 4. The summed E-state index contributed by atoms with van der Waals surface area (Å²) in [5.41, 5.74) is 6.49. The Hall–Kier alpha value is -3.92. The highest BCUT2D eigenvalue weighted by atomic mass is 16.7. The molecular weight excluding hydrogens is 530 g/mol. The van der Waals surface area contributed by atoms with Crippen molar-refractivity contribution in [2.24, 2.45) is 23.5 Å². The first-order valence-corrected chi connectivity index (χ1v) is 13.9. The summed E-state index contributed by atoms with van der Waals surface area (Å²) in [6.07, 6.45) is 0.934. The molecule has 0 aromatic heterocycles. The highest BCUT2D eigenvalue weighted by Crippen LogP contribution is 2.36. The molecule has 0 aliphatic carbocycles. The van der Waals surface area contributed by atoms with Crippen LogP contribution in [0.15, 0.2) is 48.5 Å². The summed E-state index contributed by atoms with van der Waals surface area (Å²) in [4.78, 5) is 49.4. The maximum Gasteiger partial charge on any atom is 0.513 e. The van der Waals surface area contributed by atoms with Crippen LogP contribution in [0.25, 0.3) is 0 Å². The number of carboxylic acids is 1. The van der Waals surface area contributed by atoms with Crippen molar-refractivity contribution in [2.45, 2.75) is 72.3 Å². The molecule has 0 saturated heterocycles. The molecule has 2 aromatic carbocycles. The van der Waals surface area contributed by atoms with Gasteiger partial charge in [-0.2, -0.15) is 0 Å². The minimum atomic E-state index is -1.39. The highest BCUT2D eigenvalue weighted by Gasteiger charge is 2.33. The van der Waals surface area contributed by atoms with Gasteiger partial charge >= 0.3 is 24.1 Å². The van der Waals surface area contributed by atoms with Gasteiger partial charge in [0, 0.05) is 18.8 Å². The van der Waals surface area contributed by atoms with E-state index >= 15 is 0 Å². The number of hydrogen-bond acceptors (Lipinski definition) is 9. The second-order valence-corrected chi connectivity index (χ2v) is 10.4. The molecule has 41 heavy (non-hydrogen) atoms. The molecule has 4 unspecified atom stereocenters. The minimum absolute atomic E-state index is 0.0208. The minimum Gasteiger partial charge on any atom is -0.480 e. The summed E-state index contributed by atoms with van der Waals surface area (Å²) >= 11 is 0. The summed E-state index contributed by atoms with van der Waals surface area (Å²) in [5, 5.41) is 9.74. The number of benzene rings is 2. The molecule has 10 nitrogen and oxygen atoms in total. The third kappa shape index (κ3) is 10.9. The van der Waals surface area contributed by atoms with Crippen LogP contribution in [0.1, 0.15) is 71.8 Å². The van der Waals surface area contributed by atoms with Crippen molar-refractivity contribution in [2.75, 3.05) is 6.61 Å². The third-order valence-corrected chi connectivity index (χ3v) is 6.92. The molecule has 10 heteroatoms. The Morgan fingerprint density at radius 1 is 0.805 bits per heavy atom. The van der Waals surface area contributed by atoms with Gasteiger partial charge in [-0.15, -0.1) is 0 Å². The van der Waals surface area contributed by atoms with Crippen LogP contribution in [0, 0.1) is 17.8 Å². The Kier molecular flexibility index (Phi) is 13.3. The van der Waals surface area contributed by atoms with Crippen molar-refractivity contribution in [3.8, 4) is 17.2 Å². The Labute approximate surface area is 241 Å². The lowest BCUT2D eigenvalue weighted by molar-refractivity contribution is -0.139. The van der Waals surface area contributed by atoms with E-state index in [0.717, 1.165) is 12.8 Å². The molecule has 0 heterocycles. The van der Waals surface area contributed by atoms with Gasteiger partial charge in [-0.1, -0.05) is 71.7 Å². The van der Waals surface area contributed by atoms with Gasteiger partial charge in [0.15, 0.2) is 11.5 Å². The van der Waals surface area contributed by atoms with E-state index in [1.165, 1.54) is 12.1 Å². The average Bonchev–Trinajstić information content (AvgIpc) is 2.93. The predicted molar refractivity (Wildman–Crippen MR) is 152 cm³/mol. The molecule has 0 bridgehead atoms. The summed E-state index contributed by atoms with van der Waals surface area (Å²) in [6.45, 7) is 9.24. The Bertz CT molecular complexity index is 1170. The van der Waals surface area contributed by atoms with Crippen LogP contribution in [0.5, 0.6) is 17.2 Å². The first-order valence-electron chi connectivity index (χ1n) is 13.9. The zero-order chi connectivity index (χ0) is 30.5. The molecule has 2 aromatic rings. The van der Waals surface area contributed by atoms with Gasteiger partial charge in [0.05, 0.1) is 6.61 Å². The van der Waals surface area contributed by atoms with Gasteiger partial charge in [-0.25, -0.2) is 4.79 Å². The van der Waals surface area contributed by atoms with Crippen LogP contribution in [-0.2, 0) is 19.1 Å². The van der Waals surface area contributed by atoms with Gasteiger partial charge in [-0.3, -0.25) is 14.4 Å². The van der Waals surface area contributed by atoms with E-state index in [1.54, 1.807) is 43.3 Å². The lowest BCUT2D eigenvalue weighted by Crippen LogP contribution is -2.40. The molecule has 0 fully saturated rings. The summed E-state index contributed by atoms with van der Waals surface area (Å²) < 4.78 is 21.5. The number of para-hydroxylation sites is 1. The first-order chi connectivity index (χ1) is 19.4. The van der Waals surface area contributed by atoms with E-state index < -0.39 is 41.9 Å². The van der Waals surface area contributed by atoms with Crippen molar-refractivity contribution in [1.29, 1.82) is 0 Å². The number of rotatable bonds is 15. The lowest BCUT2D eigenvalue weighted by Gasteiger charge is -2.28. The number of carbonyl (C=O) groups excluding carboxylic acids is 3. The van der Waals surface area contributed by atoms with E-state index in [1.807, 2.05) is 27.7 Å². The van der Waals surface area contributed by atoms with E-state index in [-0.39, 0.29) is 42.8 Å². The quantitative estimate of drug-likeness (QED) is 0.154. The van der Waals surface area contributed by atoms with Gasteiger partial charge < -0.3 is 29.8 Å². The number of carboxylic acid groups (broad SMARTS) is 1. The zero-order valence-corrected chi connectivity index (χ0v) is 24.3. The molecule has 0 spiro atoms. The topological polar surface area (TPSA) is 151 Å². The standard InChI is InChI=1S/C31H41NO9/c1-6-19(3)15-26(33)40-24-14-13-22(17-25(24)41-27(34)16-20(4)7-2)28(29(32)30(35)36)21(5)18-38-31(37)39-23-11-9-8-10-12-23/h8-14,17,19-21,28-29H,6-7,15-16,18,32H2,1-5H3,(H,35,36)/t19?,20?,21?,28?,29-/m0/s1. The molecule has 0 aliphatic rings. The molecule has 2 rings (SSSR count). The molecule has 5 atom stereocenters. The van der Waals surface area contributed by atoms with Crippen LogP contribution in [0.2, 0.25) is 0 Å². The summed E-state index contributed by atoms with van der Waals surface area (Å²) in [7, 11) is 0. The van der Waals surface area contributed by atoms with Gasteiger partial charge in [0.25, 0.3) is 0 Å². The van der Waals surface area contributed by atoms with Crippen LogP contribution in [0.4, 0.5) is 4.79 Å². The van der Waals surface area contributed by atoms with Crippen LogP contribution in [-0.4, -0.2) is 41.8 Å². The van der Waals surface area contributed by atoms with Gasteiger partial charge in [-0.05, 0) is 47.6 Å². The summed E-state index contributed by atoms with van der Waals surface area (Å²) in [6, 6.07) is 11.4. The number of hydrogen-bond donors (Lipinski definition) is 2. The largest absolute Gasteiger partial charge is 0.513 e. The number of esters is 2. The maximum atomic E-state index is 12.7. The van der Waals surface area contributed by atoms with Crippen molar-refractivity contribution in [1.82, 2.24) is 0 Å². The zero-order valence-electron chi connectivity index (χ0n) is 24.3. The SMILES string of the molecule is CCC(C)CC(=O)Oc1ccc(C(C(C)COC(=O)Oc2ccccc2)[C@H](N)C(=O)O)cc1OC(=O)CC(C)CC. The van der Waals surface area contributed by atoms with Crippen LogP contribution in [0.3, 0.4) is 0 Å². The fourth-order valence-electron chi connectivity index (χ4n) is 4.04. The van der Waals surface area contributed by atoms with Crippen molar-refractivity contribution in [3.05, 3.63) is 54.1 Å². The number of ether oxygens (including phenoxy) is 4. The average molecular weight is 572 g/mol. The smallest absolute Gasteiger partial charge is 0.480 e. The van der Waals surface area contributed by atoms with E-state index in [9.17, 15) is 24.3 Å². The van der Waals surface area contributed by atoms with Crippen molar-refractivity contribution >= 4 is 24.1 Å². The first kappa shape index (κ1) is 33.3. The summed E-state index contributed by atoms with van der Waals surface area (Å²) in [5.74, 6) is -3.24. The van der Waals surface area contributed by atoms with Gasteiger partial charge in [0.1, 0.15) is 11.8 Å². The fourth-order valence-corrected chi connectivity index (χ4v) is 4.04. The van der Waals surface area contributed by atoms with Crippen molar-refractivity contribution in [3.63, 3.8) is 0 Å². The third-order valence-electron chi connectivity index (χ3n) is 6.92. The maximum absolute atomic E-state index is 12.7. The molecule has 3 N–H and O–H groups in total. The molecular formula is C31H41NO9.